The first-order valence-corrected chi connectivity index (χ1v) is 17.1. The molecule has 0 saturated carbocycles. The van der Waals surface area contributed by atoms with Crippen molar-refractivity contribution in [3.8, 4) is 23.2 Å². The Bertz CT molecular complexity index is 1530. The van der Waals surface area contributed by atoms with Crippen LogP contribution in [0.15, 0.2) is 30.6 Å². The number of rotatable bonds is 12. The summed E-state index contributed by atoms with van der Waals surface area (Å²) in [6.45, 7) is 16.7. The lowest BCUT2D eigenvalue weighted by Crippen LogP contribution is -2.46. The Morgan fingerprint density at radius 1 is 1.23 bits per heavy atom. The summed E-state index contributed by atoms with van der Waals surface area (Å²) < 4.78 is 17.5. The van der Waals surface area contributed by atoms with E-state index in [1.165, 1.54) is 7.41 Å². The lowest BCUT2D eigenvalue weighted by molar-refractivity contribution is 0.144. The van der Waals surface area contributed by atoms with Crippen LogP contribution in [0, 0.1) is 18.3 Å². The maximum absolute atomic E-state index is 11.6. The van der Waals surface area contributed by atoms with Crippen LogP contribution >= 0.6 is 0 Å². The summed E-state index contributed by atoms with van der Waals surface area (Å²) in [5, 5.41) is 13.4. The molecule has 0 saturated heterocycles. The van der Waals surface area contributed by atoms with E-state index in [2.05, 4.69) is 67.1 Å². The summed E-state index contributed by atoms with van der Waals surface area (Å²) in [5.74, 6) is 1.25. The van der Waals surface area contributed by atoms with Crippen LogP contribution in [0.3, 0.4) is 0 Å². The van der Waals surface area contributed by atoms with Gasteiger partial charge in [0.2, 0.25) is 11.8 Å². The molecule has 0 unspecified atom stereocenters. The molecule has 2 aromatic heterocycles. The van der Waals surface area contributed by atoms with Gasteiger partial charge in [0.15, 0.2) is 8.32 Å². The smallest absolute Gasteiger partial charge is 0.329 e. The van der Waals surface area contributed by atoms with Crippen molar-refractivity contribution in [1.29, 1.82) is 5.26 Å². The van der Waals surface area contributed by atoms with Crippen LogP contribution < -0.4 is 14.9 Å². The SMILES string of the molecule is COCCOc1nc(C)ncc1Nc1nccc(-c2cc(C#N)c3c(c2)[C@@](C)(CO[Si](C)(C)C(C)(C)C)CN3[B]C=O)n1. The van der Waals surface area contributed by atoms with Crippen LogP contribution in [-0.4, -0.2) is 75.3 Å². The number of hydrogen-bond acceptors (Lipinski definition) is 11. The third-order valence-electron chi connectivity index (χ3n) is 8.08. The van der Waals surface area contributed by atoms with Gasteiger partial charge in [-0.1, -0.05) is 27.7 Å². The fraction of sp³-hybridized carbons (Fsp3) is 0.467. The highest BCUT2D eigenvalue weighted by molar-refractivity contribution is 6.74. The predicted octanol–water partition coefficient (Wildman–Crippen LogP) is 4.79. The van der Waals surface area contributed by atoms with Crippen LogP contribution in [0.5, 0.6) is 5.88 Å². The Labute approximate surface area is 255 Å². The Hall–Kier alpha value is -3.86. The van der Waals surface area contributed by atoms with Crippen molar-refractivity contribution in [1.82, 2.24) is 19.9 Å². The normalized spacial score (nSPS) is 16.4. The third-order valence-corrected chi connectivity index (χ3v) is 12.6. The van der Waals surface area contributed by atoms with Crippen LogP contribution in [0.4, 0.5) is 17.3 Å². The van der Waals surface area contributed by atoms with Crippen LogP contribution in [0.2, 0.25) is 18.1 Å². The van der Waals surface area contributed by atoms with Gasteiger partial charge in [0.25, 0.3) is 0 Å². The van der Waals surface area contributed by atoms with E-state index in [1.807, 2.05) is 10.9 Å². The molecule has 13 heteroatoms. The number of carbonyl (C=O) groups excluding carboxylic acids is 1. The molecule has 11 nitrogen and oxygen atoms in total. The van der Waals surface area contributed by atoms with Gasteiger partial charge < -0.3 is 28.8 Å². The number of aromatic nitrogens is 4. The number of nitriles is 1. The summed E-state index contributed by atoms with van der Waals surface area (Å²) in [4.78, 5) is 31.2. The zero-order valence-electron chi connectivity index (χ0n) is 26.2. The number of nitrogens with one attached hydrogen (secondary N) is 1. The molecule has 4 rings (SSSR count). The highest BCUT2D eigenvalue weighted by atomic mass is 28.4. The average molecular weight is 601 g/mol. The van der Waals surface area contributed by atoms with E-state index in [-0.39, 0.29) is 5.04 Å². The summed E-state index contributed by atoms with van der Waals surface area (Å²) in [7, 11) is 1.02. The van der Waals surface area contributed by atoms with E-state index in [0.717, 1.165) is 23.0 Å². The molecule has 1 atom stereocenters. The molecule has 0 fully saturated rings. The zero-order chi connectivity index (χ0) is 31.4. The summed E-state index contributed by atoms with van der Waals surface area (Å²) in [6.07, 6.45) is 4.02. The lowest BCUT2D eigenvalue weighted by atomic mass is 9.83. The molecule has 1 aromatic carbocycles. The molecule has 0 bridgehead atoms. The standard InChI is InChI=1S/C30H39BN7O4Si/c1-20-34-16-25(27(35-20)41-12-11-40-6)37-28-33-10-9-24(36-28)21-13-22(15-32)26-23(14-21)30(5,17-38(26)31-19-39)18-42-43(7,8)29(2,3)4/h9-10,13-14,16,19H,11-12,17-18H2,1-8H3,(H,33,36,37)/t30-/m1/s1. The zero-order valence-corrected chi connectivity index (χ0v) is 27.2. The first-order chi connectivity index (χ1) is 20.3. The molecule has 225 valence electrons. The quantitative estimate of drug-likeness (QED) is 0.175. The highest BCUT2D eigenvalue weighted by Crippen LogP contribution is 2.46. The molecule has 43 heavy (non-hydrogen) atoms. The molecular formula is C30H39BN7O4Si. The van der Waals surface area contributed by atoms with E-state index >= 15 is 0 Å². The van der Waals surface area contributed by atoms with Gasteiger partial charge in [0, 0.05) is 43.1 Å². The second kappa shape index (κ2) is 12.8. The predicted molar refractivity (Wildman–Crippen MR) is 170 cm³/mol. The van der Waals surface area contributed by atoms with Gasteiger partial charge in [-0.2, -0.15) is 10.2 Å². The van der Waals surface area contributed by atoms with Crippen molar-refractivity contribution in [2.24, 2.45) is 0 Å². The molecule has 3 heterocycles. The minimum Gasteiger partial charge on any atom is -0.474 e. The van der Waals surface area contributed by atoms with Crippen LogP contribution in [0.1, 0.15) is 44.6 Å². The molecule has 0 aliphatic carbocycles. The van der Waals surface area contributed by atoms with Gasteiger partial charge >= 0.3 is 7.41 Å². The summed E-state index contributed by atoms with van der Waals surface area (Å²) in [5.41, 5.74) is 3.54. The fourth-order valence-corrected chi connectivity index (χ4v) is 5.74. The van der Waals surface area contributed by atoms with E-state index < -0.39 is 13.7 Å². The molecule has 1 aliphatic rings. The topological polar surface area (TPSA) is 135 Å². The van der Waals surface area contributed by atoms with Gasteiger partial charge in [-0.15, -0.1) is 0 Å². The number of nitrogens with zero attached hydrogens (tertiary/aromatic N) is 6. The van der Waals surface area contributed by atoms with E-state index in [1.54, 1.807) is 38.6 Å². The minimum atomic E-state index is -2.06. The maximum atomic E-state index is 11.6. The summed E-state index contributed by atoms with van der Waals surface area (Å²) >= 11 is 0. The van der Waals surface area contributed by atoms with Gasteiger partial charge in [-0.25, -0.2) is 15.0 Å². The van der Waals surface area contributed by atoms with Crippen molar-refractivity contribution in [3.63, 3.8) is 0 Å². The molecule has 0 amide bonds. The van der Waals surface area contributed by atoms with E-state index in [0.29, 0.717) is 61.0 Å². The van der Waals surface area contributed by atoms with Crippen molar-refractivity contribution in [3.05, 3.63) is 47.5 Å². The van der Waals surface area contributed by atoms with Crippen molar-refractivity contribution in [2.45, 2.75) is 58.2 Å². The third kappa shape index (κ3) is 7.04. The van der Waals surface area contributed by atoms with Crippen LogP contribution in [0.25, 0.3) is 11.3 Å². The molecule has 0 spiro atoms. The largest absolute Gasteiger partial charge is 0.474 e. The van der Waals surface area contributed by atoms with E-state index in [4.69, 9.17) is 18.9 Å². The number of benzene rings is 1. The van der Waals surface area contributed by atoms with E-state index in [9.17, 15) is 10.1 Å². The monoisotopic (exact) mass is 600 g/mol. The Morgan fingerprint density at radius 2 is 2.00 bits per heavy atom. The Kier molecular flexibility index (Phi) is 9.54. The Balaban J connectivity index is 1.71. The maximum Gasteiger partial charge on any atom is 0.329 e. The van der Waals surface area contributed by atoms with Gasteiger partial charge in [0.05, 0.1) is 24.1 Å². The molecule has 3 aromatic rings. The molecular weight excluding hydrogens is 561 g/mol. The number of anilines is 3. The van der Waals surface area contributed by atoms with Gasteiger partial charge in [-0.05, 0) is 48.8 Å². The number of ether oxygens (including phenoxy) is 2. The van der Waals surface area contributed by atoms with Crippen molar-refractivity contribution >= 4 is 39.2 Å². The van der Waals surface area contributed by atoms with Crippen molar-refractivity contribution in [2.75, 3.05) is 43.6 Å². The fourth-order valence-electron chi connectivity index (χ4n) is 4.62. The first-order valence-electron chi connectivity index (χ1n) is 14.2. The minimum absolute atomic E-state index is 0.0423. The number of aryl methyl sites for hydroxylation is 1. The molecule has 1 aliphatic heterocycles. The number of hydrogen-bond donors (Lipinski definition) is 1. The second-order valence-electron chi connectivity index (χ2n) is 12.4. The highest BCUT2D eigenvalue weighted by Gasteiger charge is 2.44. The summed E-state index contributed by atoms with van der Waals surface area (Å²) in [6, 6.07) is 7.98. The molecule has 1 N–H and O–H groups in total. The average Bonchev–Trinajstić information content (AvgIpc) is 3.24. The second-order valence-corrected chi connectivity index (χ2v) is 17.2. The Morgan fingerprint density at radius 3 is 2.67 bits per heavy atom. The van der Waals surface area contributed by atoms with Gasteiger partial charge in [-0.3, -0.25) is 0 Å². The van der Waals surface area contributed by atoms with Crippen molar-refractivity contribution < 1.29 is 18.7 Å². The first kappa shape index (κ1) is 32.1. The van der Waals surface area contributed by atoms with Gasteiger partial charge in [0.1, 0.15) is 30.4 Å². The number of carbonyl (C=O) groups is 1. The lowest BCUT2D eigenvalue weighted by Gasteiger charge is -2.39. The number of methoxy groups -OCH3 is 1. The molecule has 1 radical (unpaired) electrons. The number of fused-ring (bicyclic) bond motifs is 1. The van der Waals surface area contributed by atoms with Crippen LogP contribution in [-0.2, 0) is 19.4 Å².